The van der Waals surface area contributed by atoms with Crippen molar-refractivity contribution in [3.8, 4) is 0 Å². The first-order valence-corrected chi connectivity index (χ1v) is 8.37. The van der Waals surface area contributed by atoms with E-state index in [4.69, 9.17) is 0 Å². The first-order chi connectivity index (χ1) is 11.2. The van der Waals surface area contributed by atoms with Gasteiger partial charge in [-0.05, 0) is 44.3 Å². The number of nitrogens with zero attached hydrogens (tertiary/aromatic N) is 2. The SMILES string of the molecule is CNS(=O)(=O)c1ccc(NC(=O)Cn2nc(C(F)F)cc2C)cc1. The summed E-state index contributed by atoms with van der Waals surface area (Å²) < 4.78 is 51.7. The largest absolute Gasteiger partial charge is 0.324 e. The lowest BCUT2D eigenvalue weighted by Gasteiger charge is -2.08. The zero-order valence-corrected chi connectivity index (χ0v) is 13.8. The van der Waals surface area contributed by atoms with Gasteiger partial charge in [0.25, 0.3) is 6.43 Å². The monoisotopic (exact) mass is 358 g/mol. The number of hydrogen-bond acceptors (Lipinski definition) is 4. The smallest absolute Gasteiger partial charge is 0.282 e. The summed E-state index contributed by atoms with van der Waals surface area (Å²) in [6.07, 6.45) is -2.70. The molecular weight excluding hydrogens is 342 g/mol. The molecule has 0 atom stereocenters. The molecule has 24 heavy (non-hydrogen) atoms. The van der Waals surface area contributed by atoms with Crippen LogP contribution in [0.5, 0.6) is 0 Å². The van der Waals surface area contributed by atoms with Crippen molar-refractivity contribution in [3.05, 3.63) is 41.7 Å². The normalized spacial score (nSPS) is 11.7. The minimum atomic E-state index is -3.55. The Balaban J connectivity index is 2.05. The number of amides is 1. The molecule has 1 aromatic heterocycles. The molecule has 0 aliphatic heterocycles. The summed E-state index contributed by atoms with van der Waals surface area (Å²) in [5, 5.41) is 6.22. The Kier molecular flexibility index (Phi) is 5.30. The summed E-state index contributed by atoms with van der Waals surface area (Å²) in [6.45, 7) is 1.35. The number of sulfonamides is 1. The van der Waals surface area contributed by atoms with Gasteiger partial charge >= 0.3 is 0 Å². The van der Waals surface area contributed by atoms with E-state index in [9.17, 15) is 22.0 Å². The van der Waals surface area contributed by atoms with E-state index in [0.717, 1.165) is 0 Å². The standard InChI is InChI=1S/C14H16F2N4O3S/c1-9-7-12(14(15)16)19-20(9)8-13(21)18-10-3-5-11(6-4-10)24(22,23)17-2/h3-7,14,17H,8H2,1-2H3,(H,18,21). The van der Waals surface area contributed by atoms with Crippen molar-refractivity contribution < 1.29 is 22.0 Å². The Labute approximate surface area is 137 Å². The van der Waals surface area contributed by atoms with Crippen LogP contribution in [0.25, 0.3) is 0 Å². The highest BCUT2D eigenvalue weighted by molar-refractivity contribution is 7.89. The third-order valence-electron chi connectivity index (χ3n) is 3.23. The molecule has 2 N–H and O–H groups in total. The quantitative estimate of drug-likeness (QED) is 0.822. The van der Waals surface area contributed by atoms with Gasteiger partial charge in [-0.3, -0.25) is 9.48 Å². The van der Waals surface area contributed by atoms with Crippen molar-refractivity contribution in [1.82, 2.24) is 14.5 Å². The van der Waals surface area contributed by atoms with Crippen molar-refractivity contribution in [1.29, 1.82) is 0 Å². The van der Waals surface area contributed by atoms with Gasteiger partial charge in [0.1, 0.15) is 12.2 Å². The van der Waals surface area contributed by atoms with E-state index >= 15 is 0 Å². The maximum atomic E-state index is 12.6. The number of alkyl halides is 2. The first-order valence-electron chi connectivity index (χ1n) is 6.89. The molecule has 7 nitrogen and oxygen atoms in total. The Morgan fingerprint density at radius 1 is 1.29 bits per heavy atom. The summed E-state index contributed by atoms with van der Waals surface area (Å²) in [6, 6.07) is 6.77. The molecule has 2 aromatic rings. The first kappa shape index (κ1) is 18.0. The van der Waals surface area contributed by atoms with Crippen LogP contribution in [0.4, 0.5) is 14.5 Å². The fraction of sp³-hybridized carbons (Fsp3) is 0.286. The molecule has 0 aliphatic rings. The number of nitrogens with one attached hydrogen (secondary N) is 2. The summed E-state index contributed by atoms with van der Waals surface area (Å²) >= 11 is 0. The van der Waals surface area contributed by atoms with Crippen LogP contribution in [0.3, 0.4) is 0 Å². The van der Waals surface area contributed by atoms with Crippen molar-refractivity contribution >= 4 is 21.6 Å². The van der Waals surface area contributed by atoms with Gasteiger partial charge in [0.05, 0.1) is 4.90 Å². The van der Waals surface area contributed by atoms with E-state index in [1.54, 1.807) is 6.92 Å². The number of carbonyl (C=O) groups excluding carboxylic acids is 1. The predicted molar refractivity (Wildman–Crippen MR) is 83.2 cm³/mol. The van der Waals surface area contributed by atoms with Crippen LogP contribution in [0.1, 0.15) is 17.8 Å². The number of aromatic nitrogens is 2. The maximum absolute atomic E-state index is 12.6. The zero-order valence-electron chi connectivity index (χ0n) is 13.0. The number of anilines is 1. The Morgan fingerprint density at radius 3 is 2.42 bits per heavy atom. The third-order valence-corrected chi connectivity index (χ3v) is 4.66. The molecule has 130 valence electrons. The molecule has 0 aliphatic carbocycles. The summed E-state index contributed by atoms with van der Waals surface area (Å²) in [7, 11) is -2.25. The summed E-state index contributed by atoms with van der Waals surface area (Å²) in [5.41, 5.74) is 0.437. The molecule has 1 aromatic carbocycles. The van der Waals surface area contributed by atoms with Gasteiger partial charge in [-0.15, -0.1) is 0 Å². The lowest BCUT2D eigenvalue weighted by molar-refractivity contribution is -0.117. The number of hydrogen-bond donors (Lipinski definition) is 2. The van der Waals surface area contributed by atoms with Crippen molar-refractivity contribution in [3.63, 3.8) is 0 Å². The average molecular weight is 358 g/mol. The highest BCUT2D eigenvalue weighted by Gasteiger charge is 2.15. The van der Waals surface area contributed by atoms with Crippen LogP contribution in [0.2, 0.25) is 0 Å². The maximum Gasteiger partial charge on any atom is 0.282 e. The lowest BCUT2D eigenvalue weighted by atomic mass is 10.3. The molecule has 0 unspecified atom stereocenters. The number of rotatable bonds is 6. The number of aryl methyl sites for hydroxylation is 1. The van der Waals surface area contributed by atoms with Gasteiger partial charge in [0.2, 0.25) is 15.9 Å². The van der Waals surface area contributed by atoms with Gasteiger partial charge in [-0.25, -0.2) is 21.9 Å². The highest BCUT2D eigenvalue weighted by atomic mass is 32.2. The average Bonchev–Trinajstić information content (AvgIpc) is 2.89. The van der Waals surface area contributed by atoms with E-state index in [-0.39, 0.29) is 17.1 Å². The second-order valence-electron chi connectivity index (χ2n) is 4.95. The van der Waals surface area contributed by atoms with E-state index in [1.807, 2.05) is 0 Å². The van der Waals surface area contributed by atoms with E-state index in [2.05, 4.69) is 15.1 Å². The fourth-order valence-corrected chi connectivity index (χ4v) is 2.70. The van der Waals surface area contributed by atoms with Crippen LogP contribution >= 0.6 is 0 Å². The second-order valence-corrected chi connectivity index (χ2v) is 6.84. The van der Waals surface area contributed by atoms with Gasteiger partial charge < -0.3 is 5.32 Å². The van der Waals surface area contributed by atoms with Crippen LogP contribution in [0.15, 0.2) is 35.2 Å². The highest BCUT2D eigenvalue weighted by Crippen LogP contribution is 2.18. The Morgan fingerprint density at radius 2 is 1.92 bits per heavy atom. The fourth-order valence-electron chi connectivity index (χ4n) is 1.97. The Bertz CT molecular complexity index is 832. The second kappa shape index (κ2) is 7.05. The van der Waals surface area contributed by atoms with E-state index in [0.29, 0.717) is 11.4 Å². The van der Waals surface area contributed by atoms with Crippen LogP contribution in [-0.4, -0.2) is 31.2 Å². The van der Waals surface area contributed by atoms with Crippen molar-refractivity contribution in [2.45, 2.75) is 24.8 Å². The number of benzene rings is 1. The number of halogens is 2. The molecule has 1 amide bonds. The lowest BCUT2D eigenvalue weighted by Crippen LogP contribution is -2.21. The van der Waals surface area contributed by atoms with Crippen LogP contribution in [-0.2, 0) is 21.4 Å². The molecule has 10 heteroatoms. The van der Waals surface area contributed by atoms with Crippen molar-refractivity contribution in [2.75, 3.05) is 12.4 Å². The molecule has 0 bridgehead atoms. The minimum Gasteiger partial charge on any atom is -0.324 e. The van der Waals surface area contributed by atoms with Gasteiger partial charge in [-0.1, -0.05) is 0 Å². The molecular formula is C14H16F2N4O3S. The van der Waals surface area contributed by atoms with Crippen LogP contribution < -0.4 is 10.0 Å². The predicted octanol–water partition coefficient (Wildman–Crippen LogP) is 1.68. The minimum absolute atomic E-state index is 0.0625. The molecule has 0 radical (unpaired) electrons. The third kappa shape index (κ3) is 4.15. The van der Waals surface area contributed by atoms with Gasteiger partial charge in [0, 0.05) is 11.4 Å². The summed E-state index contributed by atoms with van der Waals surface area (Å²) in [5.74, 6) is -0.466. The summed E-state index contributed by atoms with van der Waals surface area (Å²) in [4.78, 5) is 12.0. The Hall–Kier alpha value is -2.33. The van der Waals surface area contributed by atoms with Gasteiger partial charge in [-0.2, -0.15) is 5.10 Å². The number of carbonyl (C=O) groups is 1. The van der Waals surface area contributed by atoms with E-state index in [1.165, 1.54) is 42.1 Å². The van der Waals surface area contributed by atoms with Crippen molar-refractivity contribution in [2.24, 2.45) is 0 Å². The van der Waals surface area contributed by atoms with Gasteiger partial charge in [0.15, 0.2) is 0 Å². The molecule has 0 spiro atoms. The molecule has 1 heterocycles. The molecule has 2 rings (SSSR count). The topological polar surface area (TPSA) is 93.1 Å². The molecule has 0 fully saturated rings. The van der Waals surface area contributed by atoms with Crippen LogP contribution in [0, 0.1) is 6.92 Å². The van der Waals surface area contributed by atoms with E-state index < -0.39 is 22.4 Å². The zero-order chi connectivity index (χ0) is 17.9. The molecule has 0 saturated heterocycles. The molecule has 0 saturated carbocycles.